The second kappa shape index (κ2) is 73.9. The van der Waals surface area contributed by atoms with Crippen molar-refractivity contribution in [3.8, 4) is 0 Å². The van der Waals surface area contributed by atoms with E-state index in [4.69, 9.17) is 37.0 Å². The van der Waals surface area contributed by atoms with Gasteiger partial charge in [-0.15, -0.1) is 0 Å². The summed E-state index contributed by atoms with van der Waals surface area (Å²) in [5, 5.41) is 10.6. The van der Waals surface area contributed by atoms with E-state index < -0.39 is 97.5 Å². The van der Waals surface area contributed by atoms with Gasteiger partial charge in [-0.3, -0.25) is 37.3 Å². The molecular weight excluding hydrogens is 1310 g/mol. The van der Waals surface area contributed by atoms with Crippen molar-refractivity contribution in [2.24, 2.45) is 5.92 Å². The van der Waals surface area contributed by atoms with Crippen LogP contribution in [0.15, 0.2) is 0 Å². The number of hydrogen-bond donors (Lipinski definition) is 3. The van der Waals surface area contributed by atoms with Crippen molar-refractivity contribution < 1.29 is 80.2 Å². The first-order valence-electron chi connectivity index (χ1n) is 42.1. The van der Waals surface area contributed by atoms with E-state index in [9.17, 15) is 43.2 Å². The van der Waals surface area contributed by atoms with Gasteiger partial charge in [0.25, 0.3) is 0 Å². The quantitative estimate of drug-likeness (QED) is 0.0222. The van der Waals surface area contributed by atoms with Crippen LogP contribution in [0.1, 0.15) is 433 Å². The Bertz CT molecular complexity index is 1910. The Morgan fingerprint density at radius 1 is 0.270 bits per heavy atom. The standard InChI is InChI=1S/C81H158O17P2/c1-6-9-12-15-18-21-23-25-27-29-31-32-34-36-38-42-46-51-56-61-66-80(85)98-77(71-92-79(84)65-60-55-50-45-41-37-35-33-30-28-26-24-22-19-16-13-10-7-2)73-96-100(89,90)94-69-75(82)68-93-99(87,88)95-72-76(70-91-78(83)64-59-54-49-20-17-14-11-8-3)97-81(86)67-62-57-52-47-43-39-40-44-48-53-58-63-74(4)5/h74-77,82H,6-73H2,1-5H3,(H,87,88)(H,89,90)/t75-,76+,77+/m0/s1. The maximum absolute atomic E-state index is 13.1. The number of aliphatic hydroxyl groups excluding tert-OH is 1. The van der Waals surface area contributed by atoms with Gasteiger partial charge in [-0.05, 0) is 31.6 Å². The molecule has 0 bridgehead atoms. The molecule has 0 aromatic heterocycles. The summed E-state index contributed by atoms with van der Waals surface area (Å²) in [4.78, 5) is 72.9. The van der Waals surface area contributed by atoms with Crippen molar-refractivity contribution in [3.05, 3.63) is 0 Å². The molecule has 5 atom stereocenters. The molecule has 100 heavy (non-hydrogen) atoms. The van der Waals surface area contributed by atoms with Crippen LogP contribution < -0.4 is 0 Å². The largest absolute Gasteiger partial charge is 0.472 e. The maximum atomic E-state index is 13.1. The van der Waals surface area contributed by atoms with E-state index in [-0.39, 0.29) is 25.7 Å². The molecule has 0 spiro atoms. The number of phosphoric acid groups is 2. The van der Waals surface area contributed by atoms with E-state index in [2.05, 4.69) is 34.6 Å². The molecule has 0 radical (unpaired) electrons. The van der Waals surface area contributed by atoms with Crippen molar-refractivity contribution in [1.82, 2.24) is 0 Å². The number of esters is 4. The molecule has 594 valence electrons. The van der Waals surface area contributed by atoms with Gasteiger partial charge >= 0.3 is 39.5 Å². The zero-order valence-electron chi connectivity index (χ0n) is 65.3. The number of rotatable bonds is 81. The maximum Gasteiger partial charge on any atom is 0.472 e. The Morgan fingerprint density at radius 2 is 0.460 bits per heavy atom. The van der Waals surface area contributed by atoms with Crippen molar-refractivity contribution in [3.63, 3.8) is 0 Å². The second-order valence-electron chi connectivity index (χ2n) is 29.6. The van der Waals surface area contributed by atoms with E-state index in [1.807, 2.05) is 0 Å². The molecule has 0 saturated carbocycles. The van der Waals surface area contributed by atoms with Gasteiger partial charge in [0.15, 0.2) is 12.2 Å². The number of phosphoric ester groups is 2. The summed E-state index contributed by atoms with van der Waals surface area (Å²) >= 11 is 0. The summed E-state index contributed by atoms with van der Waals surface area (Å²) in [6.07, 6.45) is 65.4. The van der Waals surface area contributed by atoms with Crippen molar-refractivity contribution in [1.29, 1.82) is 0 Å². The predicted molar refractivity (Wildman–Crippen MR) is 409 cm³/mol. The lowest BCUT2D eigenvalue weighted by molar-refractivity contribution is -0.161. The number of aliphatic hydroxyl groups is 1. The van der Waals surface area contributed by atoms with E-state index in [1.165, 1.54) is 250 Å². The molecule has 3 N–H and O–H groups in total. The molecule has 0 aromatic rings. The molecule has 0 heterocycles. The Labute approximate surface area is 613 Å². The van der Waals surface area contributed by atoms with E-state index >= 15 is 0 Å². The Kier molecular flexibility index (Phi) is 72.5. The average Bonchev–Trinajstić information content (AvgIpc) is 0.928. The minimum Gasteiger partial charge on any atom is -0.462 e. The zero-order chi connectivity index (χ0) is 73.4. The summed E-state index contributed by atoms with van der Waals surface area (Å²) < 4.78 is 68.6. The number of carbonyl (C=O) groups is 4. The number of ether oxygens (including phenoxy) is 4. The molecule has 0 aromatic carbocycles. The number of unbranched alkanes of at least 4 members (excludes halogenated alkanes) is 53. The smallest absolute Gasteiger partial charge is 0.462 e. The lowest BCUT2D eigenvalue weighted by atomic mass is 10.0. The van der Waals surface area contributed by atoms with Crippen LogP contribution in [-0.4, -0.2) is 96.7 Å². The zero-order valence-corrected chi connectivity index (χ0v) is 67.1. The highest BCUT2D eigenvalue weighted by Crippen LogP contribution is 2.45. The van der Waals surface area contributed by atoms with Crippen molar-refractivity contribution in [2.75, 3.05) is 39.6 Å². The topological polar surface area (TPSA) is 237 Å². The molecule has 19 heteroatoms. The summed E-state index contributed by atoms with van der Waals surface area (Å²) in [6, 6.07) is 0. The third-order valence-corrected chi connectivity index (χ3v) is 20.9. The summed E-state index contributed by atoms with van der Waals surface area (Å²) in [6.45, 7) is 7.30. The van der Waals surface area contributed by atoms with Gasteiger partial charge in [0, 0.05) is 25.7 Å². The molecule has 0 aliphatic rings. The highest BCUT2D eigenvalue weighted by atomic mass is 31.2. The first-order valence-corrected chi connectivity index (χ1v) is 45.1. The predicted octanol–water partition coefficient (Wildman–Crippen LogP) is 24.4. The van der Waals surface area contributed by atoms with Gasteiger partial charge in [0.2, 0.25) is 0 Å². The second-order valence-corrected chi connectivity index (χ2v) is 32.5. The fourth-order valence-electron chi connectivity index (χ4n) is 12.6. The molecule has 0 rings (SSSR count). The minimum atomic E-state index is -4.96. The van der Waals surface area contributed by atoms with Crippen LogP contribution in [0.2, 0.25) is 0 Å². The van der Waals surface area contributed by atoms with Crippen molar-refractivity contribution in [2.45, 2.75) is 451 Å². The molecule has 2 unspecified atom stereocenters. The molecule has 17 nitrogen and oxygen atoms in total. The molecule has 0 aliphatic carbocycles. The van der Waals surface area contributed by atoms with Crippen LogP contribution in [-0.2, 0) is 65.4 Å². The monoisotopic (exact) mass is 1470 g/mol. The summed E-state index contributed by atoms with van der Waals surface area (Å²) in [5.41, 5.74) is 0. The Balaban J connectivity index is 5.19. The van der Waals surface area contributed by atoms with Crippen LogP contribution in [0, 0.1) is 5.92 Å². The lowest BCUT2D eigenvalue weighted by Crippen LogP contribution is -2.30. The Morgan fingerprint density at radius 3 is 0.680 bits per heavy atom. The molecular formula is C81H158O17P2. The Hall–Kier alpha value is -1.94. The molecule has 0 amide bonds. The highest BCUT2D eigenvalue weighted by molar-refractivity contribution is 7.47. The minimum absolute atomic E-state index is 0.107. The van der Waals surface area contributed by atoms with E-state index in [0.29, 0.717) is 25.7 Å². The lowest BCUT2D eigenvalue weighted by Gasteiger charge is -2.21. The van der Waals surface area contributed by atoms with Crippen molar-refractivity contribution >= 4 is 39.5 Å². The fraction of sp³-hybridized carbons (Fsp3) is 0.951. The first kappa shape index (κ1) is 98.1. The normalized spacial score (nSPS) is 13.8. The van der Waals surface area contributed by atoms with E-state index in [0.717, 1.165) is 102 Å². The van der Waals surface area contributed by atoms with Gasteiger partial charge < -0.3 is 33.8 Å². The average molecular weight is 1470 g/mol. The molecule has 0 aliphatic heterocycles. The number of hydrogen-bond acceptors (Lipinski definition) is 15. The third-order valence-electron chi connectivity index (χ3n) is 19.0. The van der Waals surface area contributed by atoms with E-state index in [1.54, 1.807) is 0 Å². The number of carbonyl (C=O) groups excluding carboxylic acids is 4. The van der Waals surface area contributed by atoms with Crippen LogP contribution in [0.4, 0.5) is 0 Å². The fourth-order valence-corrected chi connectivity index (χ4v) is 14.2. The summed E-state index contributed by atoms with van der Waals surface area (Å²) in [7, 11) is -9.91. The third kappa shape index (κ3) is 74.3. The van der Waals surface area contributed by atoms with Gasteiger partial charge in [-0.1, -0.05) is 381 Å². The van der Waals surface area contributed by atoms with Crippen LogP contribution >= 0.6 is 15.6 Å². The summed E-state index contributed by atoms with van der Waals surface area (Å²) in [5.74, 6) is -1.34. The highest BCUT2D eigenvalue weighted by Gasteiger charge is 2.30. The van der Waals surface area contributed by atoms with Gasteiger partial charge in [0.05, 0.1) is 26.4 Å². The van der Waals surface area contributed by atoms with Gasteiger partial charge in [-0.25, -0.2) is 9.13 Å². The van der Waals surface area contributed by atoms with Gasteiger partial charge in [-0.2, -0.15) is 0 Å². The first-order chi connectivity index (χ1) is 48.5. The van der Waals surface area contributed by atoms with Gasteiger partial charge in [0.1, 0.15) is 19.3 Å². The SMILES string of the molecule is CCCCCCCCCCCCCCCCCCCCCCC(=O)O[C@H](COC(=O)CCCCCCCCCCCCCCCCCCCC)COP(=O)(O)OC[C@@H](O)COP(=O)(O)OC[C@@H](COC(=O)CCCCCCCCCC)OC(=O)CCCCCCCCCCCCCC(C)C. The van der Waals surface area contributed by atoms with Crippen LogP contribution in [0.5, 0.6) is 0 Å². The van der Waals surface area contributed by atoms with Crippen LogP contribution in [0.25, 0.3) is 0 Å². The molecule has 0 fully saturated rings. The molecule has 0 saturated heterocycles. The van der Waals surface area contributed by atoms with Crippen LogP contribution in [0.3, 0.4) is 0 Å².